The van der Waals surface area contributed by atoms with E-state index in [0.717, 1.165) is 37.9 Å². The summed E-state index contributed by atoms with van der Waals surface area (Å²) < 4.78 is 13.1. The summed E-state index contributed by atoms with van der Waals surface area (Å²) in [5.74, 6) is -0.160. The second-order valence-corrected chi connectivity index (χ2v) is 5.69. The number of benzene rings is 1. The Balaban J connectivity index is 1.80. The lowest BCUT2D eigenvalue weighted by Crippen LogP contribution is -2.39. The standard InChI is InChI=1S/C15H23FN2/c1-18(10-9-15(17)7-2-3-8-15)12-13-5-4-6-14(16)11-13/h4-6,11H,2-3,7-10,12,17H2,1H3. The Morgan fingerprint density at radius 3 is 2.72 bits per heavy atom. The monoisotopic (exact) mass is 250 g/mol. The van der Waals surface area contributed by atoms with Gasteiger partial charge in [-0.3, -0.25) is 0 Å². The molecular formula is C15H23FN2. The van der Waals surface area contributed by atoms with Gasteiger partial charge in [0.2, 0.25) is 0 Å². The van der Waals surface area contributed by atoms with Crippen LogP contribution in [0.1, 0.15) is 37.7 Å². The molecule has 3 heteroatoms. The van der Waals surface area contributed by atoms with Crippen molar-refractivity contribution in [2.45, 2.75) is 44.2 Å². The fourth-order valence-corrected chi connectivity index (χ4v) is 2.77. The molecule has 1 aromatic carbocycles. The van der Waals surface area contributed by atoms with Gasteiger partial charge >= 0.3 is 0 Å². The number of nitrogens with two attached hydrogens (primary N) is 1. The summed E-state index contributed by atoms with van der Waals surface area (Å²) in [4.78, 5) is 2.22. The second kappa shape index (κ2) is 5.81. The van der Waals surface area contributed by atoms with Crippen molar-refractivity contribution in [1.29, 1.82) is 0 Å². The first-order valence-corrected chi connectivity index (χ1v) is 6.79. The zero-order valence-electron chi connectivity index (χ0n) is 11.2. The summed E-state index contributed by atoms with van der Waals surface area (Å²) in [6, 6.07) is 6.81. The van der Waals surface area contributed by atoms with Crippen LogP contribution in [0.25, 0.3) is 0 Å². The van der Waals surface area contributed by atoms with Gasteiger partial charge in [-0.1, -0.05) is 25.0 Å². The average molecular weight is 250 g/mol. The topological polar surface area (TPSA) is 29.3 Å². The van der Waals surface area contributed by atoms with E-state index >= 15 is 0 Å². The third-order valence-corrected chi connectivity index (χ3v) is 3.93. The molecule has 0 radical (unpaired) electrons. The normalized spacial score (nSPS) is 18.4. The minimum atomic E-state index is -0.160. The van der Waals surface area contributed by atoms with Crippen LogP contribution in [-0.2, 0) is 6.54 Å². The summed E-state index contributed by atoms with van der Waals surface area (Å²) in [6.07, 6.45) is 5.88. The van der Waals surface area contributed by atoms with E-state index in [4.69, 9.17) is 5.73 Å². The first-order chi connectivity index (χ1) is 8.57. The molecular weight excluding hydrogens is 227 g/mol. The maximum Gasteiger partial charge on any atom is 0.123 e. The van der Waals surface area contributed by atoms with Gasteiger partial charge in [0.05, 0.1) is 0 Å². The minimum Gasteiger partial charge on any atom is -0.325 e. The van der Waals surface area contributed by atoms with E-state index in [-0.39, 0.29) is 11.4 Å². The number of hydrogen-bond donors (Lipinski definition) is 1. The molecule has 0 saturated heterocycles. The molecule has 0 unspecified atom stereocenters. The smallest absolute Gasteiger partial charge is 0.123 e. The highest BCUT2D eigenvalue weighted by Gasteiger charge is 2.28. The van der Waals surface area contributed by atoms with Crippen molar-refractivity contribution in [1.82, 2.24) is 4.90 Å². The average Bonchev–Trinajstić information content (AvgIpc) is 2.74. The molecule has 2 nitrogen and oxygen atoms in total. The van der Waals surface area contributed by atoms with Crippen LogP contribution >= 0.6 is 0 Å². The van der Waals surface area contributed by atoms with E-state index in [1.54, 1.807) is 12.1 Å². The van der Waals surface area contributed by atoms with Gasteiger partial charge in [0, 0.05) is 12.1 Å². The molecule has 1 aliphatic carbocycles. The van der Waals surface area contributed by atoms with Crippen molar-refractivity contribution in [3.63, 3.8) is 0 Å². The Morgan fingerprint density at radius 1 is 1.33 bits per heavy atom. The van der Waals surface area contributed by atoms with Crippen LogP contribution in [0.4, 0.5) is 4.39 Å². The quantitative estimate of drug-likeness (QED) is 0.870. The van der Waals surface area contributed by atoms with Crippen molar-refractivity contribution in [3.8, 4) is 0 Å². The largest absolute Gasteiger partial charge is 0.325 e. The first kappa shape index (κ1) is 13.5. The molecule has 0 heterocycles. The number of hydrogen-bond acceptors (Lipinski definition) is 2. The lowest BCUT2D eigenvalue weighted by atomic mass is 9.94. The molecule has 1 aromatic rings. The second-order valence-electron chi connectivity index (χ2n) is 5.69. The van der Waals surface area contributed by atoms with Gasteiger partial charge in [-0.15, -0.1) is 0 Å². The van der Waals surface area contributed by atoms with Gasteiger partial charge in [0.1, 0.15) is 5.82 Å². The Bertz CT molecular complexity index is 386. The van der Waals surface area contributed by atoms with E-state index in [1.807, 2.05) is 6.07 Å². The number of rotatable bonds is 5. The van der Waals surface area contributed by atoms with E-state index in [2.05, 4.69) is 11.9 Å². The molecule has 1 saturated carbocycles. The molecule has 0 atom stereocenters. The van der Waals surface area contributed by atoms with Gasteiger partial charge in [-0.25, -0.2) is 4.39 Å². The van der Waals surface area contributed by atoms with E-state index < -0.39 is 0 Å². The van der Waals surface area contributed by atoms with Crippen molar-refractivity contribution >= 4 is 0 Å². The number of nitrogens with zero attached hydrogens (tertiary/aromatic N) is 1. The van der Waals surface area contributed by atoms with Crippen LogP contribution in [0.15, 0.2) is 24.3 Å². The molecule has 0 aromatic heterocycles. The van der Waals surface area contributed by atoms with Crippen molar-refractivity contribution in [2.24, 2.45) is 5.73 Å². The van der Waals surface area contributed by atoms with Crippen molar-refractivity contribution < 1.29 is 4.39 Å². The summed E-state index contributed by atoms with van der Waals surface area (Å²) >= 11 is 0. The maximum atomic E-state index is 13.1. The zero-order valence-corrected chi connectivity index (χ0v) is 11.2. The molecule has 0 amide bonds. The van der Waals surface area contributed by atoms with Crippen LogP contribution in [0.5, 0.6) is 0 Å². The molecule has 2 rings (SSSR count). The summed E-state index contributed by atoms with van der Waals surface area (Å²) in [6.45, 7) is 1.76. The van der Waals surface area contributed by atoms with Crippen molar-refractivity contribution in [3.05, 3.63) is 35.6 Å². The Hall–Kier alpha value is -0.930. The van der Waals surface area contributed by atoms with E-state index in [0.29, 0.717) is 0 Å². The Morgan fingerprint density at radius 2 is 2.06 bits per heavy atom. The highest BCUT2D eigenvalue weighted by molar-refractivity contribution is 5.16. The van der Waals surface area contributed by atoms with Gasteiger partial charge in [0.15, 0.2) is 0 Å². The summed E-state index contributed by atoms with van der Waals surface area (Å²) in [5.41, 5.74) is 7.41. The zero-order chi connectivity index (χ0) is 13.0. The van der Waals surface area contributed by atoms with Crippen LogP contribution in [-0.4, -0.2) is 24.0 Å². The fourth-order valence-electron chi connectivity index (χ4n) is 2.77. The molecule has 2 N–H and O–H groups in total. The first-order valence-electron chi connectivity index (χ1n) is 6.79. The van der Waals surface area contributed by atoms with Crippen LogP contribution in [0.3, 0.4) is 0 Å². The lowest BCUT2D eigenvalue weighted by Gasteiger charge is -2.26. The minimum absolute atomic E-state index is 0.0518. The van der Waals surface area contributed by atoms with E-state index in [9.17, 15) is 4.39 Å². The van der Waals surface area contributed by atoms with Gasteiger partial charge in [-0.05, 0) is 50.6 Å². The maximum absolute atomic E-state index is 13.1. The molecule has 0 bridgehead atoms. The van der Waals surface area contributed by atoms with Crippen LogP contribution < -0.4 is 5.73 Å². The molecule has 100 valence electrons. The van der Waals surface area contributed by atoms with Gasteiger partial charge in [0.25, 0.3) is 0 Å². The van der Waals surface area contributed by atoms with Crippen LogP contribution in [0.2, 0.25) is 0 Å². The SMILES string of the molecule is CN(CCC1(N)CCCC1)Cc1cccc(F)c1. The molecule has 18 heavy (non-hydrogen) atoms. The van der Waals surface area contributed by atoms with Gasteiger partial charge < -0.3 is 10.6 Å². The highest BCUT2D eigenvalue weighted by Crippen LogP contribution is 2.30. The molecule has 1 aliphatic rings. The lowest BCUT2D eigenvalue weighted by molar-refractivity contribution is 0.273. The predicted octanol–water partition coefficient (Wildman–Crippen LogP) is 2.92. The predicted molar refractivity (Wildman–Crippen MR) is 72.7 cm³/mol. The summed E-state index contributed by atoms with van der Waals surface area (Å²) in [7, 11) is 2.07. The third-order valence-electron chi connectivity index (χ3n) is 3.93. The molecule has 1 fully saturated rings. The third kappa shape index (κ3) is 3.79. The van der Waals surface area contributed by atoms with Gasteiger partial charge in [-0.2, -0.15) is 0 Å². The van der Waals surface area contributed by atoms with E-state index in [1.165, 1.54) is 18.9 Å². The number of halogens is 1. The summed E-state index contributed by atoms with van der Waals surface area (Å²) in [5, 5.41) is 0. The molecule has 0 aliphatic heterocycles. The van der Waals surface area contributed by atoms with Crippen molar-refractivity contribution in [2.75, 3.05) is 13.6 Å². The fraction of sp³-hybridized carbons (Fsp3) is 0.600. The highest BCUT2D eigenvalue weighted by atomic mass is 19.1. The Labute approximate surface area is 109 Å². The molecule has 0 spiro atoms. The van der Waals surface area contributed by atoms with Crippen LogP contribution in [0, 0.1) is 5.82 Å². The Kier molecular flexibility index (Phi) is 4.36.